The van der Waals surface area contributed by atoms with Gasteiger partial charge in [0.25, 0.3) is 0 Å². The Balaban J connectivity index is 1.81. The predicted octanol–water partition coefficient (Wildman–Crippen LogP) is 0.269. The summed E-state index contributed by atoms with van der Waals surface area (Å²) in [6, 6.07) is 0. The minimum absolute atomic E-state index is 0.0499. The fourth-order valence-electron chi connectivity index (χ4n) is 7.32. The van der Waals surface area contributed by atoms with Crippen LogP contribution in [0.2, 0.25) is 0 Å². The molecule has 0 aromatic heterocycles. The molecular formula is C22H29NO6. The van der Waals surface area contributed by atoms with E-state index >= 15 is 0 Å². The second kappa shape index (κ2) is 6.33. The Bertz CT molecular complexity index is 848. The lowest BCUT2D eigenvalue weighted by molar-refractivity contribution is -0.185. The van der Waals surface area contributed by atoms with Gasteiger partial charge >= 0.3 is 0 Å². The Labute approximate surface area is 169 Å². The first kappa shape index (κ1) is 20.4. The Hall–Kier alpha value is -1.83. The number of ketones is 2. The van der Waals surface area contributed by atoms with Gasteiger partial charge in [0.15, 0.2) is 11.6 Å². The van der Waals surface area contributed by atoms with Crippen molar-refractivity contribution in [3.63, 3.8) is 0 Å². The maximum atomic E-state index is 12.7. The third-order valence-corrected chi connectivity index (χ3v) is 8.66. The third kappa shape index (κ3) is 2.44. The van der Waals surface area contributed by atoms with Crippen LogP contribution in [0.1, 0.15) is 39.5 Å². The largest absolute Gasteiger partial charge is 0.393 e. The number of aliphatic hydroxyl groups is 3. The summed E-state index contributed by atoms with van der Waals surface area (Å²) in [6.07, 6.45) is 5.98. The van der Waals surface area contributed by atoms with Gasteiger partial charge < -0.3 is 21.1 Å². The van der Waals surface area contributed by atoms with Crippen LogP contribution in [0.15, 0.2) is 23.8 Å². The zero-order chi connectivity index (χ0) is 21.4. The number of carbonyl (C=O) groups excluding carboxylic acids is 3. The number of nitrogens with two attached hydrogens (primary N) is 1. The molecule has 0 saturated heterocycles. The summed E-state index contributed by atoms with van der Waals surface area (Å²) >= 11 is 0. The molecule has 1 amide bonds. The van der Waals surface area contributed by atoms with Crippen molar-refractivity contribution in [2.45, 2.75) is 51.2 Å². The fraction of sp³-hybridized carbons (Fsp3) is 0.682. The molecule has 4 rings (SSSR count). The van der Waals surface area contributed by atoms with Crippen LogP contribution in [0.25, 0.3) is 0 Å². The van der Waals surface area contributed by atoms with Gasteiger partial charge in [-0.3, -0.25) is 14.4 Å². The second-order valence-corrected chi connectivity index (χ2v) is 9.75. The highest BCUT2D eigenvalue weighted by molar-refractivity contribution is 6.01. The van der Waals surface area contributed by atoms with Gasteiger partial charge in [0.1, 0.15) is 12.2 Å². The van der Waals surface area contributed by atoms with Crippen LogP contribution in [0.4, 0.5) is 0 Å². The molecule has 7 heteroatoms. The Kier molecular flexibility index (Phi) is 4.46. The molecule has 3 saturated carbocycles. The molecular weight excluding hydrogens is 374 g/mol. The molecule has 29 heavy (non-hydrogen) atoms. The molecule has 0 aromatic carbocycles. The molecule has 0 heterocycles. The number of aliphatic hydroxyl groups excluding tert-OH is 2. The van der Waals surface area contributed by atoms with Gasteiger partial charge in [-0.15, -0.1) is 0 Å². The molecule has 0 spiro atoms. The minimum Gasteiger partial charge on any atom is -0.393 e. The predicted molar refractivity (Wildman–Crippen MR) is 103 cm³/mol. The molecule has 4 aliphatic carbocycles. The van der Waals surface area contributed by atoms with Crippen molar-refractivity contribution in [1.29, 1.82) is 0 Å². The Morgan fingerprint density at radius 2 is 2.00 bits per heavy atom. The van der Waals surface area contributed by atoms with Crippen molar-refractivity contribution in [2.24, 2.45) is 40.2 Å². The molecule has 4 aliphatic rings. The average molecular weight is 403 g/mol. The van der Waals surface area contributed by atoms with Gasteiger partial charge in [0.05, 0.1) is 12.0 Å². The van der Waals surface area contributed by atoms with Crippen molar-refractivity contribution in [3.8, 4) is 0 Å². The van der Waals surface area contributed by atoms with Crippen molar-refractivity contribution in [1.82, 2.24) is 0 Å². The number of primary amides is 1. The second-order valence-electron chi connectivity index (χ2n) is 9.75. The van der Waals surface area contributed by atoms with Crippen LogP contribution >= 0.6 is 0 Å². The zero-order valence-corrected chi connectivity index (χ0v) is 16.8. The lowest BCUT2D eigenvalue weighted by Crippen LogP contribution is -2.63. The number of rotatable bonds is 3. The van der Waals surface area contributed by atoms with Gasteiger partial charge in [0.2, 0.25) is 5.91 Å². The molecule has 0 bridgehead atoms. The highest BCUT2D eigenvalue weighted by Gasteiger charge is 2.72. The molecule has 8 atom stereocenters. The van der Waals surface area contributed by atoms with E-state index in [1.807, 2.05) is 13.0 Å². The number of amides is 1. The Morgan fingerprint density at radius 3 is 2.62 bits per heavy atom. The molecule has 7 nitrogen and oxygen atoms in total. The number of fused-ring (bicyclic) bond motifs is 5. The van der Waals surface area contributed by atoms with E-state index in [9.17, 15) is 29.7 Å². The van der Waals surface area contributed by atoms with E-state index in [-0.39, 0.29) is 36.4 Å². The van der Waals surface area contributed by atoms with E-state index in [0.717, 1.165) is 5.57 Å². The van der Waals surface area contributed by atoms with Crippen LogP contribution in [0.5, 0.6) is 0 Å². The molecule has 0 unspecified atom stereocenters. The quantitative estimate of drug-likeness (QED) is 0.534. The van der Waals surface area contributed by atoms with E-state index in [2.05, 4.69) is 0 Å². The van der Waals surface area contributed by atoms with Crippen LogP contribution < -0.4 is 5.73 Å². The first-order chi connectivity index (χ1) is 13.5. The highest BCUT2D eigenvalue weighted by atomic mass is 16.3. The highest BCUT2D eigenvalue weighted by Crippen LogP contribution is 2.68. The summed E-state index contributed by atoms with van der Waals surface area (Å²) in [5.41, 5.74) is 2.92. The molecule has 5 N–H and O–H groups in total. The first-order valence-electron chi connectivity index (χ1n) is 10.3. The fourth-order valence-corrected chi connectivity index (χ4v) is 7.32. The first-order valence-corrected chi connectivity index (χ1v) is 10.3. The van der Waals surface area contributed by atoms with Crippen molar-refractivity contribution < 1.29 is 29.7 Å². The Morgan fingerprint density at radius 1 is 1.31 bits per heavy atom. The maximum Gasteiger partial charge on any atom is 0.223 e. The van der Waals surface area contributed by atoms with Gasteiger partial charge in [-0.2, -0.15) is 0 Å². The zero-order valence-electron chi connectivity index (χ0n) is 16.8. The smallest absolute Gasteiger partial charge is 0.223 e. The summed E-state index contributed by atoms with van der Waals surface area (Å²) in [5, 5.41) is 32.3. The summed E-state index contributed by atoms with van der Waals surface area (Å²) < 4.78 is 0. The summed E-state index contributed by atoms with van der Waals surface area (Å²) in [5.74, 6) is -3.18. The van der Waals surface area contributed by atoms with Gasteiger partial charge in [-0.1, -0.05) is 25.5 Å². The summed E-state index contributed by atoms with van der Waals surface area (Å²) in [6.45, 7) is 2.87. The number of carbonyl (C=O) groups is 3. The van der Waals surface area contributed by atoms with E-state index in [0.29, 0.717) is 12.8 Å². The number of Topliss-reactive ketones (excluding diaryl/α,β-unsaturated/α-hetero) is 1. The lowest BCUT2D eigenvalue weighted by atomic mass is 9.46. The van der Waals surface area contributed by atoms with E-state index in [1.165, 1.54) is 0 Å². The van der Waals surface area contributed by atoms with Crippen molar-refractivity contribution in [2.75, 3.05) is 6.61 Å². The topological polar surface area (TPSA) is 138 Å². The number of hydrogen-bond acceptors (Lipinski definition) is 6. The average Bonchev–Trinajstić information content (AvgIpc) is 2.90. The van der Waals surface area contributed by atoms with E-state index < -0.39 is 46.8 Å². The van der Waals surface area contributed by atoms with E-state index in [1.54, 1.807) is 19.1 Å². The third-order valence-electron chi connectivity index (χ3n) is 8.66. The standard InChI is InChI=1S/C22H29NO6/c1-20-6-5-12(25)7-11(20)3-4-13-14-8-15(19(23)28)22(29,17(27)10-24)21(14,2)9-16(26)18(13)20/h5-7,13-16,18,24,26,29H,3-4,8-10H2,1-2H3,(H2,23,28)/t13-,14-,15-,16-,18+,20-,21-,22-/m0/s1. The van der Waals surface area contributed by atoms with Gasteiger partial charge in [-0.25, -0.2) is 0 Å². The molecule has 0 aliphatic heterocycles. The van der Waals surface area contributed by atoms with Crippen molar-refractivity contribution in [3.05, 3.63) is 23.8 Å². The van der Waals surface area contributed by atoms with Gasteiger partial charge in [0, 0.05) is 16.7 Å². The monoisotopic (exact) mass is 403 g/mol. The van der Waals surface area contributed by atoms with Crippen LogP contribution in [0, 0.1) is 34.5 Å². The summed E-state index contributed by atoms with van der Waals surface area (Å²) in [4.78, 5) is 36.7. The molecule has 0 radical (unpaired) electrons. The molecule has 158 valence electrons. The minimum atomic E-state index is -2.10. The normalized spacial score (nSPS) is 48.4. The van der Waals surface area contributed by atoms with Crippen LogP contribution in [0.3, 0.4) is 0 Å². The number of allylic oxidation sites excluding steroid dienone is 4. The van der Waals surface area contributed by atoms with Gasteiger partial charge in [-0.05, 0) is 49.7 Å². The lowest BCUT2D eigenvalue weighted by Gasteiger charge is -2.59. The SMILES string of the molecule is C[C@]12C=CC(=O)C=C1CC[C@@H]1[C@@H]2[C@@H](O)C[C@@]2(C)[C@H]1C[C@@H](C(N)=O)[C@]2(O)C(=O)CO. The van der Waals surface area contributed by atoms with Crippen molar-refractivity contribution >= 4 is 17.5 Å². The van der Waals surface area contributed by atoms with E-state index in [4.69, 9.17) is 5.73 Å². The molecule has 0 aromatic rings. The summed E-state index contributed by atoms with van der Waals surface area (Å²) in [7, 11) is 0. The maximum absolute atomic E-state index is 12.7. The molecule has 3 fully saturated rings. The van der Waals surface area contributed by atoms with Crippen LogP contribution in [-0.2, 0) is 14.4 Å². The number of hydrogen-bond donors (Lipinski definition) is 4. The van der Waals surface area contributed by atoms with Crippen LogP contribution in [-0.4, -0.2) is 51.1 Å².